The number of hydrogen-bond donors (Lipinski definition) is 1. The van der Waals surface area contributed by atoms with Gasteiger partial charge in [-0.3, -0.25) is 4.79 Å². The van der Waals surface area contributed by atoms with Crippen LogP contribution in [-0.4, -0.2) is 5.91 Å². The first-order chi connectivity index (χ1) is 6.58. The van der Waals surface area contributed by atoms with Gasteiger partial charge in [0.1, 0.15) is 11.6 Å². The lowest BCUT2D eigenvalue weighted by molar-refractivity contribution is -0.128. The molecule has 1 aliphatic heterocycles. The maximum atomic E-state index is 13.3. The summed E-state index contributed by atoms with van der Waals surface area (Å²) in [7, 11) is 0. The van der Waals surface area contributed by atoms with E-state index in [1.807, 2.05) is 0 Å². The Kier molecular flexibility index (Phi) is 1.98. The van der Waals surface area contributed by atoms with E-state index < -0.39 is 11.6 Å². The summed E-state index contributed by atoms with van der Waals surface area (Å²) in [6.07, 6.45) is 0.236. The summed E-state index contributed by atoms with van der Waals surface area (Å²) in [5.41, 5.74) is 0.504. The van der Waals surface area contributed by atoms with Crippen LogP contribution in [0, 0.1) is 18.6 Å². The number of amides is 1. The molecule has 1 fully saturated rings. The molecule has 2 nitrogen and oxygen atoms in total. The molecule has 0 radical (unpaired) electrons. The van der Waals surface area contributed by atoms with E-state index in [9.17, 15) is 13.6 Å². The first-order valence-electron chi connectivity index (χ1n) is 4.33. The largest absolute Gasteiger partial charge is 0.349 e. The molecule has 2 rings (SSSR count). The standard InChI is InChI=1S/C10H9F2NO/c1-5-2-8(12)6(3-7(5)11)9-4-10(14)13-9/h2-3,9H,4H2,1H3,(H,13,14). The minimum Gasteiger partial charge on any atom is -0.349 e. The van der Waals surface area contributed by atoms with Gasteiger partial charge in [-0.2, -0.15) is 0 Å². The molecule has 0 aliphatic carbocycles. The third-order valence-electron chi connectivity index (χ3n) is 2.38. The number of benzene rings is 1. The lowest BCUT2D eigenvalue weighted by Crippen LogP contribution is -2.41. The van der Waals surface area contributed by atoms with E-state index in [2.05, 4.69) is 5.32 Å². The molecular formula is C10H9F2NO. The van der Waals surface area contributed by atoms with Crippen LogP contribution < -0.4 is 5.32 Å². The Bertz CT molecular complexity index is 395. The number of aryl methyl sites for hydroxylation is 1. The van der Waals surface area contributed by atoms with E-state index in [1.165, 1.54) is 6.92 Å². The number of carbonyl (C=O) groups excluding carboxylic acids is 1. The molecule has 1 aromatic carbocycles. The summed E-state index contributed by atoms with van der Waals surface area (Å²) in [5, 5.41) is 2.50. The zero-order chi connectivity index (χ0) is 10.3. The first-order valence-corrected chi connectivity index (χ1v) is 4.33. The highest BCUT2D eigenvalue weighted by atomic mass is 19.1. The van der Waals surface area contributed by atoms with Crippen molar-refractivity contribution in [1.82, 2.24) is 5.32 Å². The van der Waals surface area contributed by atoms with Gasteiger partial charge in [-0.05, 0) is 24.6 Å². The molecule has 0 bridgehead atoms. The first kappa shape index (κ1) is 9.12. The van der Waals surface area contributed by atoms with Crippen molar-refractivity contribution in [2.75, 3.05) is 0 Å². The third kappa shape index (κ3) is 1.36. The molecule has 1 saturated heterocycles. The Morgan fingerprint density at radius 2 is 2.00 bits per heavy atom. The maximum absolute atomic E-state index is 13.3. The molecule has 14 heavy (non-hydrogen) atoms. The predicted octanol–water partition coefficient (Wildman–Crippen LogP) is 1.83. The Balaban J connectivity index is 2.34. The molecule has 4 heteroatoms. The van der Waals surface area contributed by atoms with E-state index in [0.29, 0.717) is 0 Å². The van der Waals surface area contributed by atoms with Gasteiger partial charge in [0.05, 0.1) is 12.5 Å². The molecule has 1 aliphatic rings. The van der Waals surface area contributed by atoms with Crippen LogP contribution >= 0.6 is 0 Å². The molecule has 1 aromatic rings. The van der Waals surface area contributed by atoms with E-state index in [-0.39, 0.29) is 29.5 Å². The second-order valence-electron chi connectivity index (χ2n) is 3.45. The van der Waals surface area contributed by atoms with Gasteiger partial charge in [-0.1, -0.05) is 0 Å². The van der Waals surface area contributed by atoms with Crippen LogP contribution in [0.15, 0.2) is 12.1 Å². The predicted molar refractivity (Wildman–Crippen MR) is 46.6 cm³/mol. The van der Waals surface area contributed by atoms with Crippen LogP contribution in [-0.2, 0) is 4.79 Å². The van der Waals surface area contributed by atoms with E-state index >= 15 is 0 Å². The molecule has 0 aromatic heterocycles. The van der Waals surface area contributed by atoms with Crippen LogP contribution in [0.3, 0.4) is 0 Å². The number of rotatable bonds is 1. The van der Waals surface area contributed by atoms with E-state index in [0.717, 1.165) is 12.1 Å². The van der Waals surface area contributed by atoms with Gasteiger partial charge < -0.3 is 5.32 Å². The number of halogens is 2. The van der Waals surface area contributed by atoms with Gasteiger partial charge in [0.15, 0.2) is 0 Å². The fourth-order valence-electron chi connectivity index (χ4n) is 1.47. The molecule has 0 saturated carbocycles. The highest BCUT2D eigenvalue weighted by molar-refractivity contribution is 5.83. The molecule has 1 unspecified atom stereocenters. The maximum Gasteiger partial charge on any atom is 0.222 e. The number of nitrogens with one attached hydrogen (secondary N) is 1. The van der Waals surface area contributed by atoms with Gasteiger partial charge in [0.2, 0.25) is 5.91 Å². The van der Waals surface area contributed by atoms with Crippen molar-refractivity contribution in [3.63, 3.8) is 0 Å². The molecule has 1 N–H and O–H groups in total. The zero-order valence-electron chi connectivity index (χ0n) is 7.60. The SMILES string of the molecule is Cc1cc(F)c(C2CC(=O)N2)cc1F. The smallest absolute Gasteiger partial charge is 0.222 e. The summed E-state index contributed by atoms with van der Waals surface area (Å²) in [6.45, 7) is 1.50. The minimum absolute atomic E-state index is 0.129. The van der Waals surface area contributed by atoms with Crippen LogP contribution in [0.1, 0.15) is 23.6 Å². The highest BCUT2D eigenvalue weighted by Crippen LogP contribution is 2.27. The summed E-state index contributed by atoms with van der Waals surface area (Å²) in [6, 6.07) is 1.93. The van der Waals surface area contributed by atoms with Gasteiger partial charge >= 0.3 is 0 Å². The number of β-lactam (4-membered cyclic amide) rings is 1. The van der Waals surface area contributed by atoms with Crippen molar-refractivity contribution < 1.29 is 13.6 Å². The Morgan fingerprint density at radius 3 is 2.57 bits per heavy atom. The highest BCUT2D eigenvalue weighted by Gasteiger charge is 2.29. The topological polar surface area (TPSA) is 29.1 Å². The van der Waals surface area contributed by atoms with Crippen LogP contribution in [0.25, 0.3) is 0 Å². The minimum atomic E-state index is -0.464. The third-order valence-corrected chi connectivity index (χ3v) is 2.38. The van der Waals surface area contributed by atoms with E-state index in [4.69, 9.17) is 0 Å². The average Bonchev–Trinajstić information content (AvgIpc) is 2.07. The zero-order valence-corrected chi connectivity index (χ0v) is 7.60. The second kappa shape index (κ2) is 3.04. The molecule has 0 spiro atoms. The van der Waals surface area contributed by atoms with Gasteiger partial charge in [0, 0.05) is 5.56 Å². The molecule has 1 atom stereocenters. The monoisotopic (exact) mass is 197 g/mol. The van der Waals surface area contributed by atoms with Gasteiger partial charge in [-0.25, -0.2) is 8.78 Å². The summed E-state index contributed by atoms with van der Waals surface area (Å²) in [4.78, 5) is 10.6. The fourth-order valence-corrected chi connectivity index (χ4v) is 1.47. The quantitative estimate of drug-likeness (QED) is 0.684. The fraction of sp³-hybridized carbons (Fsp3) is 0.300. The van der Waals surface area contributed by atoms with Crippen molar-refractivity contribution in [2.45, 2.75) is 19.4 Å². The normalized spacial score (nSPS) is 20.2. The lowest BCUT2D eigenvalue weighted by atomic mass is 9.95. The second-order valence-corrected chi connectivity index (χ2v) is 3.45. The molecular weight excluding hydrogens is 188 g/mol. The Hall–Kier alpha value is -1.45. The Morgan fingerprint density at radius 1 is 1.36 bits per heavy atom. The summed E-state index contributed by atoms with van der Waals surface area (Å²) >= 11 is 0. The molecule has 1 heterocycles. The van der Waals surface area contributed by atoms with Crippen LogP contribution in [0.4, 0.5) is 8.78 Å². The Labute approximate surface area is 79.9 Å². The van der Waals surface area contributed by atoms with E-state index in [1.54, 1.807) is 0 Å². The van der Waals surface area contributed by atoms with Crippen LogP contribution in [0.2, 0.25) is 0 Å². The van der Waals surface area contributed by atoms with Crippen molar-refractivity contribution >= 4 is 5.91 Å². The molecule has 74 valence electrons. The van der Waals surface area contributed by atoms with Crippen molar-refractivity contribution in [2.24, 2.45) is 0 Å². The lowest BCUT2D eigenvalue weighted by Gasteiger charge is -2.27. The van der Waals surface area contributed by atoms with Crippen LogP contribution in [0.5, 0.6) is 0 Å². The van der Waals surface area contributed by atoms with Crippen molar-refractivity contribution in [3.8, 4) is 0 Å². The summed E-state index contributed by atoms with van der Waals surface area (Å²) in [5.74, 6) is -1.04. The number of hydrogen-bond acceptors (Lipinski definition) is 1. The summed E-state index contributed by atoms with van der Waals surface area (Å²) < 4.78 is 26.4. The van der Waals surface area contributed by atoms with Crippen molar-refractivity contribution in [3.05, 3.63) is 34.9 Å². The van der Waals surface area contributed by atoms with Gasteiger partial charge in [-0.15, -0.1) is 0 Å². The molecule has 1 amide bonds. The van der Waals surface area contributed by atoms with Crippen molar-refractivity contribution in [1.29, 1.82) is 0 Å². The van der Waals surface area contributed by atoms with Gasteiger partial charge in [0.25, 0.3) is 0 Å². The number of carbonyl (C=O) groups is 1. The average molecular weight is 197 g/mol.